The zero-order valence-corrected chi connectivity index (χ0v) is 11.1. The van der Waals surface area contributed by atoms with Crippen LogP contribution in [0.25, 0.3) is 0 Å². The Balaban J connectivity index is 1.96. The predicted molar refractivity (Wildman–Crippen MR) is 66.3 cm³/mol. The molecule has 2 rings (SSSR count). The lowest BCUT2D eigenvalue weighted by Crippen LogP contribution is -2.26. The number of hydrogen-bond acceptors (Lipinski definition) is 1. The van der Waals surface area contributed by atoms with Crippen LogP contribution < -0.4 is 0 Å². The maximum absolute atomic E-state index is 13.1. The highest BCUT2D eigenvalue weighted by Crippen LogP contribution is 2.26. The van der Waals surface area contributed by atoms with E-state index in [1.54, 1.807) is 6.07 Å². The first-order valence-corrected chi connectivity index (χ1v) is 6.74. The SMILES string of the molecule is Fc1ccc(CC(Br)C2CCCOC2)cc1F. The molecule has 0 radical (unpaired) electrons. The highest BCUT2D eigenvalue weighted by molar-refractivity contribution is 9.09. The first kappa shape index (κ1) is 13.0. The van der Waals surface area contributed by atoms with E-state index in [9.17, 15) is 8.78 Å². The molecule has 1 heterocycles. The summed E-state index contributed by atoms with van der Waals surface area (Å²) in [5, 5.41) is 0. The van der Waals surface area contributed by atoms with Crippen LogP contribution in [-0.2, 0) is 11.2 Å². The third kappa shape index (κ3) is 3.49. The lowest BCUT2D eigenvalue weighted by molar-refractivity contribution is 0.0547. The van der Waals surface area contributed by atoms with E-state index in [1.165, 1.54) is 12.1 Å². The van der Waals surface area contributed by atoms with Gasteiger partial charge in [0.1, 0.15) is 0 Å². The molecule has 1 aromatic carbocycles. The minimum Gasteiger partial charge on any atom is -0.381 e. The molecule has 2 unspecified atom stereocenters. The van der Waals surface area contributed by atoms with Crippen molar-refractivity contribution in [1.82, 2.24) is 0 Å². The van der Waals surface area contributed by atoms with Crippen LogP contribution in [0, 0.1) is 17.6 Å². The van der Waals surface area contributed by atoms with E-state index in [1.807, 2.05) is 0 Å². The van der Waals surface area contributed by atoms with Gasteiger partial charge in [0, 0.05) is 11.4 Å². The summed E-state index contributed by atoms with van der Waals surface area (Å²) in [4.78, 5) is 0.257. The molecule has 0 saturated carbocycles. The Morgan fingerprint density at radius 1 is 1.35 bits per heavy atom. The second-order valence-electron chi connectivity index (χ2n) is 4.45. The van der Waals surface area contributed by atoms with Crippen molar-refractivity contribution in [3.63, 3.8) is 0 Å². The molecule has 0 spiro atoms. The molecular formula is C13H15BrF2O. The Morgan fingerprint density at radius 2 is 2.18 bits per heavy atom. The summed E-state index contributed by atoms with van der Waals surface area (Å²) >= 11 is 3.62. The average Bonchev–Trinajstić information content (AvgIpc) is 2.35. The third-order valence-corrected chi connectivity index (χ3v) is 4.19. The summed E-state index contributed by atoms with van der Waals surface area (Å²) in [6.45, 7) is 1.58. The number of benzene rings is 1. The van der Waals surface area contributed by atoms with Crippen molar-refractivity contribution in [3.8, 4) is 0 Å². The molecule has 1 saturated heterocycles. The van der Waals surface area contributed by atoms with Gasteiger partial charge in [-0.3, -0.25) is 0 Å². The van der Waals surface area contributed by atoms with Gasteiger partial charge in [0.2, 0.25) is 0 Å². The number of rotatable bonds is 3. The minimum atomic E-state index is -0.791. The van der Waals surface area contributed by atoms with Crippen molar-refractivity contribution in [2.75, 3.05) is 13.2 Å². The van der Waals surface area contributed by atoms with Gasteiger partial charge in [-0.25, -0.2) is 8.78 Å². The van der Waals surface area contributed by atoms with E-state index in [2.05, 4.69) is 15.9 Å². The molecule has 0 bridgehead atoms. The highest BCUT2D eigenvalue weighted by atomic mass is 79.9. The van der Waals surface area contributed by atoms with Crippen molar-refractivity contribution in [2.24, 2.45) is 5.92 Å². The largest absolute Gasteiger partial charge is 0.381 e. The van der Waals surface area contributed by atoms with Gasteiger partial charge in [0.25, 0.3) is 0 Å². The first-order chi connectivity index (χ1) is 8.16. The fourth-order valence-corrected chi connectivity index (χ4v) is 2.90. The maximum atomic E-state index is 13.1. The van der Waals surface area contributed by atoms with E-state index in [4.69, 9.17) is 4.74 Å². The second-order valence-corrected chi connectivity index (χ2v) is 5.62. The van der Waals surface area contributed by atoms with Crippen LogP contribution in [0.1, 0.15) is 18.4 Å². The van der Waals surface area contributed by atoms with Crippen LogP contribution in [0.3, 0.4) is 0 Å². The number of hydrogen-bond donors (Lipinski definition) is 0. The lowest BCUT2D eigenvalue weighted by atomic mass is 9.94. The second kappa shape index (κ2) is 5.91. The molecule has 1 aliphatic rings. The van der Waals surface area contributed by atoms with Crippen molar-refractivity contribution in [3.05, 3.63) is 35.4 Å². The molecular weight excluding hydrogens is 290 g/mol. The van der Waals surface area contributed by atoms with Crippen LogP contribution in [0.15, 0.2) is 18.2 Å². The van der Waals surface area contributed by atoms with E-state index in [-0.39, 0.29) is 4.83 Å². The van der Waals surface area contributed by atoms with Gasteiger partial charge in [-0.05, 0) is 42.9 Å². The Labute approximate surface area is 108 Å². The van der Waals surface area contributed by atoms with E-state index < -0.39 is 11.6 Å². The van der Waals surface area contributed by atoms with Crippen LogP contribution in [0.4, 0.5) is 8.78 Å². The Kier molecular flexibility index (Phi) is 4.51. The molecule has 1 aliphatic heterocycles. The molecule has 17 heavy (non-hydrogen) atoms. The summed E-state index contributed by atoms with van der Waals surface area (Å²) in [6, 6.07) is 4.09. The molecule has 1 aromatic rings. The van der Waals surface area contributed by atoms with Gasteiger partial charge in [0.15, 0.2) is 11.6 Å². The average molecular weight is 305 g/mol. The zero-order valence-electron chi connectivity index (χ0n) is 9.46. The van der Waals surface area contributed by atoms with Gasteiger partial charge in [-0.2, -0.15) is 0 Å². The highest BCUT2D eigenvalue weighted by Gasteiger charge is 2.22. The summed E-state index contributed by atoms with van der Waals surface area (Å²) < 4.78 is 31.3. The number of halogens is 3. The van der Waals surface area contributed by atoms with Gasteiger partial charge in [0.05, 0.1) is 6.61 Å². The lowest BCUT2D eigenvalue weighted by Gasteiger charge is -2.26. The Hall–Kier alpha value is -0.480. The number of ether oxygens (including phenoxy) is 1. The quantitative estimate of drug-likeness (QED) is 0.774. The molecule has 94 valence electrons. The van der Waals surface area contributed by atoms with Crippen molar-refractivity contribution in [2.45, 2.75) is 24.1 Å². The van der Waals surface area contributed by atoms with Gasteiger partial charge >= 0.3 is 0 Å². The maximum Gasteiger partial charge on any atom is 0.159 e. The van der Waals surface area contributed by atoms with Crippen molar-refractivity contribution in [1.29, 1.82) is 0 Å². The standard InChI is InChI=1S/C13H15BrF2O/c14-11(10-2-1-5-17-8-10)6-9-3-4-12(15)13(16)7-9/h3-4,7,10-11H,1-2,5-6,8H2. The van der Waals surface area contributed by atoms with Gasteiger partial charge in [-0.1, -0.05) is 22.0 Å². The Morgan fingerprint density at radius 3 is 2.82 bits per heavy atom. The molecule has 1 nitrogen and oxygen atoms in total. The summed E-state index contributed by atoms with van der Waals surface area (Å²) in [5.41, 5.74) is 0.816. The molecule has 4 heteroatoms. The van der Waals surface area contributed by atoms with Crippen molar-refractivity contribution >= 4 is 15.9 Å². The normalized spacial score (nSPS) is 22.4. The molecule has 1 fully saturated rings. The van der Waals surface area contributed by atoms with Gasteiger partial charge < -0.3 is 4.74 Å². The fourth-order valence-electron chi connectivity index (χ4n) is 2.11. The first-order valence-electron chi connectivity index (χ1n) is 5.82. The molecule has 0 aromatic heterocycles. The molecule has 0 N–H and O–H groups in total. The third-order valence-electron chi connectivity index (χ3n) is 3.12. The van der Waals surface area contributed by atoms with Crippen LogP contribution in [0.5, 0.6) is 0 Å². The van der Waals surface area contributed by atoms with Crippen LogP contribution in [0.2, 0.25) is 0 Å². The van der Waals surface area contributed by atoms with Crippen LogP contribution >= 0.6 is 15.9 Å². The molecule has 0 aliphatic carbocycles. The summed E-state index contributed by atoms with van der Waals surface area (Å²) in [7, 11) is 0. The topological polar surface area (TPSA) is 9.23 Å². The molecule has 0 amide bonds. The van der Waals surface area contributed by atoms with E-state index >= 15 is 0 Å². The summed E-state index contributed by atoms with van der Waals surface area (Å²) in [6.07, 6.45) is 2.90. The fraction of sp³-hybridized carbons (Fsp3) is 0.538. The smallest absolute Gasteiger partial charge is 0.159 e. The van der Waals surface area contributed by atoms with Crippen LogP contribution in [-0.4, -0.2) is 18.0 Å². The van der Waals surface area contributed by atoms with E-state index in [0.29, 0.717) is 12.3 Å². The zero-order chi connectivity index (χ0) is 12.3. The number of alkyl halides is 1. The monoisotopic (exact) mass is 304 g/mol. The van der Waals surface area contributed by atoms with Crippen molar-refractivity contribution < 1.29 is 13.5 Å². The minimum absolute atomic E-state index is 0.257. The Bertz CT molecular complexity index is 378. The van der Waals surface area contributed by atoms with Gasteiger partial charge in [-0.15, -0.1) is 0 Å². The predicted octanol–water partition coefficient (Wildman–Crippen LogP) is 3.70. The summed E-state index contributed by atoms with van der Waals surface area (Å²) in [5.74, 6) is -1.11. The van der Waals surface area contributed by atoms with E-state index in [0.717, 1.165) is 31.6 Å². The molecule has 2 atom stereocenters.